The molecular weight excluding hydrogens is 261 g/mol. The Balaban J connectivity index is 2.80. The van der Waals surface area contributed by atoms with Crippen molar-refractivity contribution in [2.45, 2.75) is 17.6 Å². The van der Waals surface area contributed by atoms with Gasteiger partial charge < -0.3 is 5.11 Å². The van der Waals surface area contributed by atoms with Crippen LogP contribution in [0.4, 0.5) is 13.2 Å². The molecule has 0 radical (unpaired) electrons. The van der Waals surface area contributed by atoms with Gasteiger partial charge in [0.1, 0.15) is 6.10 Å². The fraction of sp³-hybridized carbons (Fsp3) is 0.375. The molecule has 9 heteroatoms. The summed E-state index contributed by atoms with van der Waals surface area (Å²) in [6.45, 7) is -0.921. The van der Waals surface area contributed by atoms with Gasteiger partial charge in [-0.25, -0.2) is 31.3 Å². The molecular formula is C8H9F3N2O3S. The molecule has 17 heavy (non-hydrogen) atoms. The van der Waals surface area contributed by atoms with Gasteiger partial charge in [-0.3, -0.25) is 0 Å². The van der Waals surface area contributed by atoms with E-state index in [2.05, 4.69) is 4.98 Å². The van der Waals surface area contributed by atoms with Crippen molar-refractivity contribution in [2.24, 2.45) is 0 Å². The Hall–Kier alpha value is -1.19. The monoisotopic (exact) mass is 270 g/mol. The van der Waals surface area contributed by atoms with Gasteiger partial charge in [0, 0.05) is 12.7 Å². The van der Waals surface area contributed by atoms with Crippen LogP contribution in [-0.2, 0) is 10.0 Å². The van der Waals surface area contributed by atoms with E-state index in [0.29, 0.717) is 0 Å². The number of rotatable bonds is 5. The number of alkyl halides is 2. The van der Waals surface area contributed by atoms with Crippen LogP contribution in [0.2, 0.25) is 0 Å². The van der Waals surface area contributed by atoms with E-state index in [1.54, 1.807) is 4.72 Å². The Morgan fingerprint density at radius 1 is 1.47 bits per heavy atom. The summed E-state index contributed by atoms with van der Waals surface area (Å²) in [6, 6.07) is 2.05. The van der Waals surface area contributed by atoms with Gasteiger partial charge in [0.25, 0.3) is 16.4 Å². The van der Waals surface area contributed by atoms with Crippen LogP contribution in [0.1, 0.15) is 0 Å². The Labute approximate surface area is 95.3 Å². The number of nitrogens with zero attached hydrogens (tertiary/aromatic N) is 1. The van der Waals surface area contributed by atoms with Gasteiger partial charge in [0.15, 0.2) is 5.82 Å². The van der Waals surface area contributed by atoms with E-state index >= 15 is 0 Å². The molecule has 5 nitrogen and oxygen atoms in total. The predicted octanol–water partition coefficient (Wildman–Crippen LogP) is 0.125. The highest BCUT2D eigenvalue weighted by atomic mass is 32.2. The van der Waals surface area contributed by atoms with E-state index < -0.39 is 39.9 Å². The van der Waals surface area contributed by atoms with Crippen molar-refractivity contribution in [3.63, 3.8) is 0 Å². The molecule has 0 aliphatic heterocycles. The molecule has 96 valence electrons. The SMILES string of the molecule is O=S(=O)(NCC(O)C(F)F)c1ncccc1F. The lowest BCUT2D eigenvalue weighted by Crippen LogP contribution is -2.36. The molecule has 0 spiro atoms. The minimum absolute atomic E-state index is 0.866. The Morgan fingerprint density at radius 2 is 2.12 bits per heavy atom. The zero-order valence-corrected chi connectivity index (χ0v) is 9.16. The van der Waals surface area contributed by atoms with E-state index in [1.807, 2.05) is 0 Å². The van der Waals surface area contributed by atoms with Crippen LogP contribution in [0.25, 0.3) is 0 Å². The smallest absolute Gasteiger partial charge is 0.265 e. The summed E-state index contributed by atoms with van der Waals surface area (Å²) in [5.74, 6) is -1.11. The summed E-state index contributed by atoms with van der Waals surface area (Å²) in [4.78, 5) is 3.28. The lowest BCUT2D eigenvalue weighted by Gasteiger charge is -2.10. The number of aliphatic hydroxyl groups excluding tert-OH is 1. The highest BCUT2D eigenvalue weighted by Gasteiger charge is 2.24. The second-order valence-corrected chi connectivity index (χ2v) is 4.73. The van der Waals surface area contributed by atoms with Crippen molar-refractivity contribution in [1.82, 2.24) is 9.71 Å². The fourth-order valence-corrected chi connectivity index (χ4v) is 1.97. The molecule has 1 aromatic rings. The van der Waals surface area contributed by atoms with Crippen molar-refractivity contribution in [2.75, 3.05) is 6.54 Å². The zero-order valence-electron chi connectivity index (χ0n) is 8.35. The third-order valence-corrected chi connectivity index (χ3v) is 3.11. The number of sulfonamides is 1. The molecule has 0 amide bonds. The van der Waals surface area contributed by atoms with Gasteiger partial charge >= 0.3 is 0 Å². The van der Waals surface area contributed by atoms with Gasteiger partial charge in [-0.15, -0.1) is 0 Å². The highest BCUT2D eigenvalue weighted by Crippen LogP contribution is 2.10. The number of aromatic nitrogens is 1. The maximum atomic E-state index is 13.1. The largest absolute Gasteiger partial charge is 0.386 e. The molecule has 0 aliphatic rings. The minimum Gasteiger partial charge on any atom is -0.386 e. The Kier molecular flexibility index (Phi) is 4.43. The molecule has 0 aromatic carbocycles. The fourth-order valence-electron chi connectivity index (χ4n) is 0.921. The van der Waals surface area contributed by atoms with Crippen LogP contribution in [-0.4, -0.2) is 37.6 Å². The normalized spacial score (nSPS) is 13.9. The van der Waals surface area contributed by atoms with Gasteiger partial charge in [0.05, 0.1) is 0 Å². The lowest BCUT2D eigenvalue weighted by atomic mass is 10.4. The number of pyridine rings is 1. The van der Waals surface area contributed by atoms with Crippen molar-refractivity contribution >= 4 is 10.0 Å². The highest BCUT2D eigenvalue weighted by molar-refractivity contribution is 7.89. The first-order valence-corrected chi connectivity index (χ1v) is 5.89. The van der Waals surface area contributed by atoms with Crippen LogP contribution in [0.15, 0.2) is 23.4 Å². The minimum atomic E-state index is -4.35. The third-order valence-electron chi connectivity index (χ3n) is 1.75. The zero-order chi connectivity index (χ0) is 13.1. The van der Waals surface area contributed by atoms with Gasteiger partial charge in [-0.05, 0) is 12.1 Å². The lowest BCUT2D eigenvalue weighted by molar-refractivity contribution is -0.000464. The summed E-state index contributed by atoms with van der Waals surface area (Å²) in [7, 11) is -4.35. The molecule has 0 saturated heterocycles. The summed E-state index contributed by atoms with van der Waals surface area (Å²) < 4.78 is 61.4. The van der Waals surface area contributed by atoms with Crippen molar-refractivity contribution in [3.05, 3.63) is 24.1 Å². The first-order chi connectivity index (χ1) is 7.84. The number of hydrogen-bond donors (Lipinski definition) is 2. The quantitative estimate of drug-likeness (QED) is 0.796. The number of aliphatic hydroxyl groups is 1. The van der Waals surface area contributed by atoms with Crippen LogP contribution < -0.4 is 4.72 Å². The molecule has 1 heterocycles. The van der Waals surface area contributed by atoms with Crippen LogP contribution in [0.5, 0.6) is 0 Å². The molecule has 1 atom stereocenters. The number of hydrogen-bond acceptors (Lipinski definition) is 4. The number of nitrogens with one attached hydrogen (secondary N) is 1. The van der Waals surface area contributed by atoms with Crippen LogP contribution >= 0.6 is 0 Å². The first-order valence-electron chi connectivity index (χ1n) is 4.41. The second kappa shape index (κ2) is 5.43. The molecule has 1 unspecified atom stereocenters. The molecule has 0 saturated carbocycles. The first kappa shape index (κ1) is 13.9. The van der Waals surface area contributed by atoms with Gasteiger partial charge in [-0.1, -0.05) is 0 Å². The maximum Gasteiger partial charge on any atom is 0.265 e. The average molecular weight is 270 g/mol. The van der Waals surface area contributed by atoms with Crippen LogP contribution in [0.3, 0.4) is 0 Å². The topological polar surface area (TPSA) is 79.3 Å². The van der Waals surface area contributed by atoms with E-state index in [9.17, 15) is 21.6 Å². The Bertz CT molecular complexity index is 481. The molecule has 1 rings (SSSR count). The molecule has 2 N–H and O–H groups in total. The predicted molar refractivity (Wildman–Crippen MR) is 51.4 cm³/mol. The molecule has 0 aliphatic carbocycles. The average Bonchev–Trinajstić information content (AvgIpc) is 2.26. The summed E-state index contributed by atoms with van der Waals surface area (Å²) in [5, 5.41) is 7.81. The molecule has 0 fully saturated rings. The van der Waals surface area contributed by atoms with Crippen molar-refractivity contribution < 1.29 is 26.7 Å². The maximum absolute atomic E-state index is 13.1. The number of halogens is 3. The summed E-state index contributed by atoms with van der Waals surface area (Å²) in [5.41, 5.74) is 0. The van der Waals surface area contributed by atoms with Crippen LogP contribution in [0, 0.1) is 5.82 Å². The summed E-state index contributed by atoms with van der Waals surface area (Å²) >= 11 is 0. The van der Waals surface area contributed by atoms with E-state index in [-0.39, 0.29) is 0 Å². The second-order valence-electron chi connectivity index (χ2n) is 3.04. The van der Waals surface area contributed by atoms with E-state index in [4.69, 9.17) is 5.11 Å². The van der Waals surface area contributed by atoms with Crippen molar-refractivity contribution in [3.8, 4) is 0 Å². The van der Waals surface area contributed by atoms with Gasteiger partial charge in [0.2, 0.25) is 5.03 Å². The van der Waals surface area contributed by atoms with Gasteiger partial charge in [-0.2, -0.15) is 0 Å². The molecule has 1 aromatic heterocycles. The third kappa shape index (κ3) is 3.65. The summed E-state index contributed by atoms with van der Waals surface area (Å²) in [6.07, 6.45) is -4.20. The Morgan fingerprint density at radius 3 is 2.65 bits per heavy atom. The molecule has 0 bridgehead atoms. The van der Waals surface area contributed by atoms with Crippen molar-refractivity contribution in [1.29, 1.82) is 0 Å². The van der Waals surface area contributed by atoms with E-state index in [1.165, 1.54) is 6.07 Å². The standard InChI is InChI=1S/C8H9F3N2O3S/c9-5-2-1-3-12-8(5)17(15,16)13-4-6(14)7(10)11/h1-3,6-7,13-14H,4H2. The van der Waals surface area contributed by atoms with E-state index in [0.717, 1.165) is 12.3 Å².